The Morgan fingerprint density at radius 3 is 2.33 bits per heavy atom. The van der Waals surface area contributed by atoms with E-state index in [9.17, 15) is 18.4 Å². The third-order valence-corrected chi connectivity index (χ3v) is 3.92. The van der Waals surface area contributed by atoms with Crippen LogP contribution in [-0.2, 0) is 9.59 Å². The molecule has 1 N–H and O–H groups in total. The number of nitrogens with one attached hydrogen (secondary N) is 1. The molecule has 0 aromatic heterocycles. The van der Waals surface area contributed by atoms with E-state index in [1.165, 1.54) is 13.8 Å². The first-order chi connectivity index (χ1) is 8.19. The highest BCUT2D eigenvalue weighted by molar-refractivity contribution is 6.02. The molecule has 1 unspecified atom stereocenters. The van der Waals surface area contributed by atoms with Crippen LogP contribution in [-0.4, -0.2) is 40.8 Å². The molecule has 0 bridgehead atoms. The van der Waals surface area contributed by atoms with E-state index in [1.54, 1.807) is 6.92 Å². The molecule has 0 aromatic rings. The first kappa shape index (κ1) is 13.2. The average molecular weight is 260 g/mol. The van der Waals surface area contributed by atoms with E-state index in [2.05, 4.69) is 5.32 Å². The number of hydrogen-bond donors (Lipinski definition) is 1. The fourth-order valence-corrected chi connectivity index (χ4v) is 2.60. The van der Waals surface area contributed by atoms with Crippen LogP contribution in [0.5, 0.6) is 0 Å². The molecule has 2 rings (SSSR count). The molecule has 4 nitrogen and oxygen atoms in total. The summed E-state index contributed by atoms with van der Waals surface area (Å²) in [7, 11) is 0. The number of halogens is 2. The van der Waals surface area contributed by atoms with E-state index in [0.29, 0.717) is 0 Å². The van der Waals surface area contributed by atoms with Crippen molar-refractivity contribution in [2.45, 2.75) is 51.1 Å². The van der Waals surface area contributed by atoms with Gasteiger partial charge >= 0.3 is 0 Å². The number of hydrogen-bond acceptors (Lipinski definition) is 2. The molecule has 1 aliphatic heterocycles. The Hall–Kier alpha value is -1.20. The van der Waals surface area contributed by atoms with Crippen LogP contribution >= 0.6 is 0 Å². The van der Waals surface area contributed by atoms with Gasteiger partial charge in [-0.2, -0.15) is 0 Å². The van der Waals surface area contributed by atoms with Crippen molar-refractivity contribution in [1.29, 1.82) is 0 Å². The Balaban J connectivity index is 2.37. The minimum absolute atomic E-state index is 0.00343. The summed E-state index contributed by atoms with van der Waals surface area (Å²) >= 11 is 0. The number of carbonyl (C=O) groups excluding carboxylic acids is 2. The number of carbonyl (C=O) groups is 2. The van der Waals surface area contributed by atoms with Crippen LogP contribution in [0.25, 0.3) is 0 Å². The van der Waals surface area contributed by atoms with Gasteiger partial charge < -0.3 is 10.2 Å². The molecule has 1 aliphatic carbocycles. The zero-order valence-corrected chi connectivity index (χ0v) is 10.8. The van der Waals surface area contributed by atoms with Gasteiger partial charge in [-0.15, -0.1) is 0 Å². The highest BCUT2D eigenvalue weighted by atomic mass is 19.3. The lowest BCUT2D eigenvalue weighted by Crippen LogP contribution is -2.74. The summed E-state index contributed by atoms with van der Waals surface area (Å²) in [6.07, 6.45) is -1.02. The van der Waals surface area contributed by atoms with E-state index in [0.717, 1.165) is 17.7 Å². The normalized spacial score (nSPS) is 31.8. The molecule has 102 valence electrons. The Kier molecular flexibility index (Phi) is 2.87. The Morgan fingerprint density at radius 1 is 1.33 bits per heavy atom. The van der Waals surface area contributed by atoms with Gasteiger partial charge in [0.05, 0.1) is 6.54 Å². The molecule has 2 aliphatic rings. The third kappa shape index (κ3) is 1.87. The van der Waals surface area contributed by atoms with E-state index in [-0.39, 0.29) is 11.8 Å². The van der Waals surface area contributed by atoms with Crippen molar-refractivity contribution in [1.82, 2.24) is 10.2 Å². The summed E-state index contributed by atoms with van der Waals surface area (Å²) < 4.78 is 25.3. The molecule has 1 saturated carbocycles. The highest BCUT2D eigenvalue weighted by Crippen LogP contribution is 2.45. The van der Waals surface area contributed by atoms with Gasteiger partial charge in [-0.25, -0.2) is 8.78 Å². The Labute approximate surface area is 105 Å². The second-order valence-corrected chi connectivity index (χ2v) is 5.81. The van der Waals surface area contributed by atoms with Crippen LogP contribution < -0.4 is 5.32 Å². The van der Waals surface area contributed by atoms with Crippen LogP contribution in [0.3, 0.4) is 0 Å². The fraction of sp³-hybridized carbons (Fsp3) is 0.833. The molecule has 18 heavy (non-hydrogen) atoms. The maximum Gasteiger partial charge on any atom is 0.255 e. The van der Waals surface area contributed by atoms with Gasteiger partial charge in [0.2, 0.25) is 11.8 Å². The van der Waals surface area contributed by atoms with Crippen molar-refractivity contribution in [3.05, 3.63) is 0 Å². The molecule has 0 spiro atoms. The largest absolute Gasteiger partial charge is 0.340 e. The van der Waals surface area contributed by atoms with Crippen molar-refractivity contribution in [3.8, 4) is 0 Å². The summed E-state index contributed by atoms with van der Waals surface area (Å²) in [4.78, 5) is 25.5. The predicted octanol–water partition coefficient (Wildman–Crippen LogP) is 1.16. The molecule has 1 heterocycles. The summed E-state index contributed by atoms with van der Waals surface area (Å²) in [5, 5.41) is 2.65. The van der Waals surface area contributed by atoms with Gasteiger partial charge in [-0.1, -0.05) is 0 Å². The Bertz CT molecular complexity index is 394. The summed E-state index contributed by atoms with van der Waals surface area (Å²) in [6.45, 7) is 3.99. The van der Waals surface area contributed by atoms with Crippen LogP contribution in [0.15, 0.2) is 0 Å². The van der Waals surface area contributed by atoms with Crippen LogP contribution in [0.4, 0.5) is 8.78 Å². The minimum atomic E-state index is -2.63. The average Bonchev–Trinajstić information content (AvgIpc) is 3.04. The van der Waals surface area contributed by atoms with Crippen molar-refractivity contribution >= 4 is 11.8 Å². The minimum Gasteiger partial charge on any atom is -0.340 e. The lowest BCUT2D eigenvalue weighted by atomic mass is 9.84. The van der Waals surface area contributed by atoms with Gasteiger partial charge in [0.15, 0.2) is 0 Å². The number of alkyl halides is 2. The van der Waals surface area contributed by atoms with Gasteiger partial charge in [0.1, 0.15) is 11.1 Å². The standard InChI is InChI=1S/C12H18F2N2O2/c1-11(2)10(18)16(6-8(13)14)12(3,7-4-5-7)9(17)15-11/h7-8H,4-6H2,1-3H3,(H,15,17). The fourth-order valence-electron chi connectivity index (χ4n) is 2.60. The van der Waals surface area contributed by atoms with Crippen LogP contribution in [0.2, 0.25) is 0 Å². The molecule has 1 saturated heterocycles. The molecule has 0 aromatic carbocycles. The van der Waals surface area contributed by atoms with Crippen molar-refractivity contribution in [2.24, 2.45) is 5.92 Å². The third-order valence-electron chi connectivity index (χ3n) is 3.92. The number of piperazine rings is 1. The van der Waals surface area contributed by atoms with E-state index >= 15 is 0 Å². The lowest BCUT2D eigenvalue weighted by molar-refractivity contribution is -0.164. The topological polar surface area (TPSA) is 49.4 Å². The van der Waals surface area contributed by atoms with Crippen LogP contribution in [0, 0.1) is 5.92 Å². The quantitative estimate of drug-likeness (QED) is 0.827. The maximum absolute atomic E-state index is 12.7. The van der Waals surface area contributed by atoms with Crippen molar-refractivity contribution in [2.75, 3.05) is 6.54 Å². The molecular weight excluding hydrogens is 242 g/mol. The predicted molar refractivity (Wildman–Crippen MR) is 61.1 cm³/mol. The van der Waals surface area contributed by atoms with Gasteiger partial charge in [0.25, 0.3) is 6.43 Å². The second kappa shape index (κ2) is 3.90. The van der Waals surface area contributed by atoms with Crippen molar-refractivity contribution < 1.29 is 18.4 Å². The lowest BCUT2D eigenvalue weighted by Gasteiger charge is -2.49. The van der Waals surface area contributed by atoms with Gasteiger partial charge in [0, 0.05) is 0 Å². The second-order valence-electron chi connectivity index (χ2n) is 5.81. The van der Waals surface area contributed by atoms with E-state index < -0.39 is 30.0 Å². The first-order valence-corrected chi connectivity index (χ1v) is 6.12. The highest BCUT2D eigenvalue weighted by Gasteiger charge is 2.59. The Morgan fingerprint density at radius 2 is 1.89 bits per heavy atom. The zero-order valence-electron chi connectivity index (χ0n) is 10.8. The van der Waals surface area contributed by atoms with Gasteiger partial charge in [-0.05, 0) is 39.5 Å². The number of amides is 2. The molecule has 2 fully saturated rings. The first-order valence-electron chi connectivity index (χ1n) is 6.12. The molecule has 2 amide bonds. The summed E-state index contributed by atoms with van der Waals surface area (Å²) in [5.41, 5.74) is -2.23. The van der Waals surface area contributed by atoms with Crippen molar-refractivity contribution in [3.63, 3.8) is 0 Å². The molecule has 0 radical (unpaired) electrons. The molecule has 1 atom stereocenters. The smallest absolute Gasteiger partial charge is 0.255 e. The summed E-state index contributed by atoms with van der Waals surface area (Å²) in [5.74, 6) is -0.761. The van der Waals surface area contributed by atoms with E-state index in [4.69, 9.17) is 0 Å². The van der Waals surface area contributed by atoms with Crippen LogP contribution in [0.1, 0.15) is 33.6 Å². The molecule has 6 heteroatoms. The number of rotatable bonds is 3. The number of nitrogens with zero attached hydrogens (tertiary/aromatic N) is 1. The monoisotopic (exact) mass is 260 g/mol. The zero-order chi connectivity index (χ0) is 13.7. The van der Waals surface area contributed by atoms with Gasteiger partial charge in [-0.3, -0.25) is 9.59 Å². The summed E-state index contributed by atoms with van der Waals surface area (Å²) in [6, 6.07) is 0. The SMILES string of the molecule is CC1(C)NC(=O)C(C)(C2CC2)N(CC(F)F)C1=O. The van der Waals surface area contributed by atoms with E-state index in [1.807, 2.05) is 0 Å². The molecular formula is C12H18F2N2O2. The maximum atomic E-state index is 12.7.